The first kappa shape index (κ1) is 56.8. The molecule has 8 aromatic rings. The molecule has 0 saturated carbocycles. The molecule has 21 nitrogen and oxygen atoms in total. The number of fused-ring (bicyclic) bond motifs is 14. The molecule has 0 radical (unpaired) electrons. The van der Waals surface area contributed by atoms with E-state index in [1.165, 1.54) is 82.2 Å². The molecule has 10 bridgehead atoms. The summed E-state index contributed by atoms with van der Waals surface area (Å²) in [5, 5.41) is 35.4. The van der Waals surface area contributed by atoms with Crippen LogP contribution in [-0.4, -0.2) is 103 Å². The standard InChI is InChI=1S/C52H53N13O8S6/c1-24(2)28-16-34(66)40-25(3)78-51(64-40)30(17-38(68)54-4)57-45(71)32-21-74-47(59-32)27-13-14-29(49-62-36(23-77-49)61-37(67)12-9-15-53)56-41(27)31-20-75-50(58-31)33-22-76-52(60-33)43(44(70)26-10-7-6-8-11-26)63-39(69)18-55-46(72)42-35(19-73-5)79-48(28)65-42/h6-8,10-11,13-14,20-24,28,30,43-44,70H,9,12,15-19,53H2,1-5H3,(H,54,68)(H,55,72)(H,57,71)(H,61,67)(H,63,69)/t28-,30+,43+,44+/m1/s1. The highest BCUT2D eigenvalue weighted by Crippen LogP contribution is 2.41. The van der Waals surface area contributed by atoms with Gasteiger partial charge in [-0.05, 0) is 43.5 Å². The fourth-order valence-electron chi connectivity index (χ4n) is 8.36. The number of carbonyl (C=O) groups excluding carboxylic acids is 6. The monoisotopic (exact) mass is 1180 g/mol. The first-order valence-electron chi connectivity index (χ1n) is 24.8. The van der Waals surface area contributed by atoms with Gasteiger partial charge >= 0.3 is 0 Å². The molecule has 0 saturated heterocycles. The third-order valence-electron chi connectivity index (χ3n) is 12.5. The van der Waals surface area contributed by atoms with Gasteiger partial charge in [0.15, 0.2) is 5.78 Å². The maximum absolute atomic E-state index is 14.3. The van der Waals surface area contributed by atoms with Gasteiger partial charge in [-0.1, -0.05) is 44.2 Å². The minimum absolute atomic E-state index is 0.0264. The number of pyridine rings is 1. The number of thiazole rings is 6. The number of rotatable bonds is 12. The molecule has 79 heavy (non-hydrogen) atoms. The lowest BCUT2D eigenvalue weighted by molar-refractivity contribution is -0.122. The van der Waals surface area contributed by atoms with E-state index in [2.05, 4.69) is 31.6 Å². The van der Waals surface area contributed by atoms with Crippen molar-refractivity contribution in [3.63, 3.8) is 0 Å². The van der Waals surface area contributed by atoms with Gasteiger partial charge in [0, 0.05) is 64.9 Å². The second-order valence-electron chi connectivity index (χ2n) is 18.4. The van der Waals surface area contributed by atoms with E-state index in [0.717, 1.165) is 0 Å². The number of aliphatic hydroxyl groups excluding tert-OH is 1. The Hall–Kier alpha value is -6.95. The molecule has 1 aliphatic rings. The molecule has 5 amide bonds. The molecule has 1 aliphatic heterocycles. The first-order chi connectivity index (χ1) is 38.1. The van der Waals surface area contributed by atoms with Crippen molar-refractivity contribution in [1.29, 1.82) is 0 Å². The topological polar surface area (TPSA) is 308 Å². The SMILES string of the molecule is CNC(=O)C[C@@H]1NC(=O)c2csc(n2)-c2ccc(-c3nc(NC(=O)CCCN)cs3)nc2-c2csc(n2)-c2csc(n2)[C@H]([C@@H](O)c2ccccc2)NC(=O)CNC(=O)c2nc(sc2COC)[C@@H](C(C)C)CC(=O)c2nc1sc2C. The number of ether oxygens (including phenoxy) is 1. The van der Waals surface area contributed by atoms with Crippen LogP contribution in [0.2, 0.25) is 0 Å². The van der Waals surface area contributed by atoms with Crippen molar-refractivity contribution in [2.45, 2.75) is 77.2 Å². The van der Waals surface area contributed by atoms with Gasteiger partial charge in [-0.3, -0.25) is 28.8 Å². The van der Waals surface area contributed by atoms with E-state index in [0.29, 0.717) is 92.5 Å². The largest absolute Gasteiger partial charge is 0.386 e. The van der Waals surface area contributed by atoms with Crippen molar-refractivity contribution in [2.75, 3.05) is 32.6 Å². The van der Waals surface area contributed by atoms with Gasteiger partial charge in [-0.25, -0.2) is 34.9 Å². The minimum Gasteiger partial charge on any atom is -0.386 e. The van der Waals surface area contributed by atoms with Gasteiger partial charge in [0.25, 0.3) is 11.8 Å². The first-order valence-corrected chi connectivity index (χ1v) is 29.9. The van der Waals surface area contributed by atoms with Crippen LogP contribution in [0.1, 0.15) is 125 Å². The Balaban J connectivity index is 1.13. The minimum atomic E-state index is -1.26. The van der Waals surface area contributed by atoms with E-state index in [9.17, 15) is 33.9 Å². The summed E-state index contributed by atoms with van der Waals surface area (Å²) in [4.78, 5) is 117. The summed E-state index contributed by atoms with van der Waals surface area (Å²) in [6.45, 7) is 5.58. The van der Waals surface area contributed by atoms with E-state index < -0.39 is 48.4 Å². The zero-order valence-corrected chi connectivity index (χ0v) is 48.0. The molecule has 0 aliphatic carbocycles. The summed E-state index contributed by atoms with van der Waals surface area (Å²) < 4.78 is 5.46. The van der Waals surface area contributed by atoms with Crippen molar-refractivity contribution >= 4 is 109 Å². The van der Waals surface area contributed by atoms with E-state index in [1.807, 2.05) is 26.0 Å². The summed E-state index contributed by atoms with van der Waals surface area (Å²) in [6.07, 6.45) is -0.698. The van der Waals surface area contributed by atoms with Crippen LogP contribution < -0.4 is 32.3 Å². The van der Waals surface area contributed by atoms with E-state index in [1.54, 1.807) is 58.8 Å². The number of ketones is 1. The van der Waals surface area contributed by atoms with Crippen LogP contribution in [0.4, 0.5) is 5.82 Å². The average Bonchev–Trinajstić information content (AvgIpc) is 4.35. The van der Waals surface area contributed by atoms with Gasteiger partial charge in [0.1, 0.15) is 77.2 Å². The van der Waals surface area contributed by atoms with Gasteiger partial charge in [0.05, 0.1) is 41.2 Å². The maximum Gasteiger partial charge on any atom is 0.271 e. The molecule has 1 aromatic carbocycles. The Morgan fingerprint density at radius 2 is 1.48 bits per heavy atom. The van der Waals surface area contributed by atoms with Crippen LogP contribution in [0.15, 0.2) is 64.0 Å². The third kappa shape index (κ3) is 13.2. The molecule has 9 rings (SSSR count). The van der Waals surface area contributed by atoms with Crippen molar-refractivity contribution in [2.24, 2.45) is 11.7 Å². The molecule has 0 fully saturated rings. The van der Waals surface area contributed by atoms with Crippen LogP contribution in [0.25, 0.3) is 43.4 Å². The molecule has 27 heteroatoms. The Morgan fingerprint density at radius 1 is 0.759 bits per heavy atom. The smallest absolute Gasteiger partial charge is 0.271 e. The van der Waals surface area contributed by atoms with Crippen LogP contribution >= 0.6 is 68.0 Å². The number of amides is 5. The molecular formula is C52H53N13O8S6. The number of Topliss-reactive ketones (excluding diaryl/α,β-unsaturated/α-hetero) is 1. The van der Waals surface area contributed by atoms with Crippen molar-refractivity contribution in [3.05, 3.63) is 111 Å². The zero-order valence-electron chi connectivity index (χ0n) is 43.1. The number of anilines is 1. The number of methoxy groups -OCH3 is 1. The lowest BCUT2D eigenvalue weighted by atomic mass is 9.90. The van der Waals surface area contributed by atoms with Crippen molar-refractivity contribution in [1.82, 2.24) is 56.2 Å². The number of hydrogen-bond acceptors (Lipinski definition) is 22. The predicted octanol–water partition coefficient (Wildman–Crippen LogP) is 7.87. The predicted molar refractivity (Wildman–Crippen MR) is 305 cm³/mol. The summed E-state index contributed by atoms with van der Waals surface area (Å²) in [5.41, 5.74) is 8.69. The number of nitrogens with zero attached hydrogens (tertiary/aromatic N) is 7. The highest BCUT2D eigenvalue weighted by atomic mass is 32.1. The van der Waals surface area contributed by atoms with Gasteiger partial charge in [0.2, 0.25) is 17.7 Å². The number of nitrogens with one attached hydrogen (secondary N) is 5. The van der Waals surface area contributed by atoms with Crippen molar-refractivity contribution in [3.8, 4) is 43.4 Å². The number of aliphatic hydroxyl groups is 1. The van der Waals surface area contributed by atoms with Crippen LogP contribution in [-0.2, 0) is 25.7 Å². The van der Waals surface area contributed by atoms with Crippen LogP contribution in [0, 0.1) is 12.8 Å². The highest BCUT2D eigenvalue weighted by molar-refractivity contribution is 7.15. The third-order valence-corrected chi connectivity index (χ3v) is 18.3. The van der Waals surface area contributed by atoms with Gasteiger partial charge in [-0.15, -0.1) is 68.0 Å². The summed E-state index contributed by atoms with van der Waals surface area (Å²) in [6, 6.07) is 10.4. The fraction of sp³-hybridized carbons (Fsp3) is 0.327. The lowest BCUT2D eigenvalue weighted by Crippen LogP contribution is -2.40. The zero-order chi connectivity index (χ0) is 55.9. The summed E-state index contributed by atoms with van der Waals surface area (Å²) >= 11 is 7.40. The van der Waals surface area contributed by atoms with E-state index >= 15 is 0 Å². The highest BCUT2D eigenvalue weighted by Gasteiger charge is 2.33. The van der Waals surface area contributed by atoms with Gasteiger partial charge < -0.3 is 42.2 Å². The Morgan fingerprint density at radius 3 is 2.24 bits per heavy atom. The number of carbonyl (C=O) groups is 6. The second kappa shape index (κ2) is 25.4. The second-order valence-corrected chi connectivity index (χ2v) is 24.2. The quantitative estimate of drug-likeness (QED) is 0.0612. The molecule has 8 N–H and O–H groups in total. The number of benzene rings is 1. The number of aryl methyl sites for hydroxylation is 1. The molecule has 4 atom stereocenters. The Kier molecular flexibility index (Phi) is 18.3. The number of aromatic nitrogens is 7. The number of hydrogen-bond donors (Lipinski definition) is 7. The number of nitrogens with two attached hydrogens (primary N) is 1. The Labute approximate surface area is 477 Å². The normalized spacial score (nSPS) is 16.7. The molecular weight excluding hydrogens is 1130 g/mol. The van der Waals surface area contributed by atoms with Crippen LogP contribution in [0.3, 0.4) is 0 Å². The molecule has 8 heterocycles. The fourth-order valence-corrected chi connectivity index (χ4v) is 13.9. The summed E-state index contributed by atoms with van der Waals surface area (Å²) in [7, 11) is 2.97. The molecule has 410 valence electrons. The average molecular weight is 1180 g/mol. The lowest BCUT2D eigenvalue weighted by Gasteiger charge is -2.23. The van der Waals surface area contributed by atoms with Gasteiger partial charge in [-0.2, -0.15) is 0 Å². The van der Waals surface area contributed by atoms with Crippen molar-refractivity contribution < 1.29 is 38.6 Å². The van der Waals surface area contributed by atoms with Crippen LogP contribution in [0.5, 0.6) is 0 Å². The Bertz CT molecular complexity index is 3530. The molecule has 7 aromatic heterocycles. The van der Waals surface area contributed by atoms with E-state index in [-0.39, 0.29) is 66.5 Å². The maximum atomic E-state index is 14.3. The van der Waals surface area contributed by atoms with E-state index in [4.69, 9.17) is 40.4 Å². The summed E-state index contributed by atoms with van der Waals surface area (Å²) in [5.74, 6) is -2.96. The molecule has 0 unspecified atom stereocenters. The molecule has 0 spiro atoms.